The average Bonchev–Trinajstić information content (AvgIpc) is 3.54. The topological polar surface area (TPSA) is 117 Å². The van der Waals surface area contributed by atoms with E-state index in [0.717, 1.165) is 11.4 Å². The monoisotopic (exact) mass is 572 g/mol. The Kier molecular flexibility index (Phi) is 9.61. The largest absolute Gasteiger partial charge is 0.497 e. The molecule has 0 saturated heterocycles. The van der Waals surface area contributed by atoms with Crippen molar-refractivity contribution in [1.29, 1.82) is 5.26 Å². The number of nitriles is 1. The van der Waals surface area contributed by atoms with Crippen LogP contribution in [0.4, 0.5) is 11.4 Å². The molecule has 4 rings (SSSR count). The zero-order valence-electron chi connectivity index (χ0n) is 22.9. The summed E-state index contributed by atoms with van der Waals surface area (Å²) in [5, 5.41) is 12.2. The molecule has 0 radical (unpaired) electrons. The van der Waals surface area contributed by atoms with Gasteiger partial charge in [0.25, 0.3) is 5.91 Å². The predicted molar refractivity (Wildman–Crippen MR) is 157 cm³/mol. The van der Waals surface area contributed by atoms with Gasteiger partial charge in [0.2, 0.25) is 5.78 Å². The molecule has 210 valence electrons. The number of nitrogens with one attached hydrogen (secondary N) is 1. The minimum absolute atomic E-state index is 0.00555. The standard InChI is InChI=1S/C31H29ClN4O5/c1-4-25-26(18-27(30(37)29(25)32)35-31(38)28-6-5-16-41-28)34-21-7-9-22(10-8-21)36(20(2)19-33)15-17-40-24-13-11-23(39-3)12-14-24/h5-14,16,18,20H,4,15,17H2,1-3H3,(H,35,38). The maximum Gasteiger partial charge on any atom is 0.291 e. The van der Waals surface area contributed by atoms with E-state index in [4.69, 9.17) is 30.5 Å². The van der Waals surface area contributed by atoms with Crippen LogP contribution in [0.1, 0.15) is 30.8 Å². The van der Waals surface area contributed by atoms with Gasteiger partial charge in [-0.05, 0) is 80.1 Å². The number of nitrogens with zero attached hydrogens (tertiary/aromatic N) is 3. The molecule has 10 heteroatoms. The van der Waals surface area contributed by atoms with E-state index in [1.54, 1.807) is 13.2 Å². The van der Waals surface area contributed by atoms with E-state index in [1.807, 2.05) is 67.3 Å². The zero-order chi connectivity index (χ0) is 29.4. The number of Topliss-reactive ketones (excluding diaryl/α,β-unsaturated/α-hetero) is 1. The second-order valence-electron chi connectivity index (χ2n) is 9.00. The van der Waals surface area contributed by atoms with Crippen LogP contribution in [0.5, 0.6) is 11.5 Å². The Morgan fingerprint density at radius 2 is 1.85 bits per heavy atom. The van der Waals surface area contributed by atoms with Crippen LogP contribution >= 0.6 is 11.6 Å². The lowest BCUT2D eigenvalue weighted by Crippen LogP contribution is -2.35. The molecule has 1 amide bonds. The van der Waals surface area contributed by atoms with E-state index in [2.05, 4.69) is 11.4 Å². The van der Waals surface area contributed by atoms with Crippen molar-refractivity contribution in [1.82, 2.24) is 5.32 Å². The molecular weight excluding hydrogens is 544 g/mol. The molecule has 1 atom stereocenters. The number of hydrogen-bond donors (Lipinski definition) is 1. The molecule has 0 bridgehead atoms. The van der Waals surface area contributed by atoms with Crippen molar-refractivity contribution in [3.8, 4) is 17.6 Å². The Labute approximate surface area is 243 Å². The van der Waals surface area contributed by atoms with E-state index in [-0.39, 0.29) is 16.5 Å². The molecule has 1 aliphatic carbocycles. The molecule has 0 spiro atoms. The van der Waals surface area contributed by atoms with Gasteiger partial charge in [0.15, 0.2) is 5.76 Å². The lowest BCUT2D eigenvalue weighted by molar-refractivity contribution is -0.112. The Balaban J connectivity index is 1.52. The van der Waals surface area contributed by atoms with Crippen molar-refractivity contribution in [2.45, 2.75) is 26.3 Å². The Hall–Kier alpha value is -4.81. The van der Waals surface area contributed by atoms with E-state index in [1.165, 1.54) is 18.4 Å². The van der Waals surface area contributed by atoms with Crippen molar-refractivity contribution in [3.63, 3.8) is 0 Å². The molecule has 2 aromatic carbocycles. The van der Waals surface area contributed by atoms with Crippen molar-refractivity contribution < 1.29 is 23.5 Å². The van der Waals surface area contributed by atoms with Gasteiger partial charge in [-0.1, -0.05) is 18.5 Å². The fraction of sp³-hybridized carbons (Fsp3) is 0.226. The third-order valence-corrected chi connectivity index (χ3v) is 6.79. The van der Waals surface area contributed by atoms with Gasteiger partial charge in [-0.25, -0.2) is 4.99 Å². The molecule has 1 N–H and O–H groups in total. The minimum Gasteiger partial charge on any atom is -0.497 e. The lowest BCUT2D eigenvalue weighted by atomic mass is 9.97. The smallest absolute Gasteiger partial charge is 0.291 e. The van der Waals surface area contributed by atoms with Crippen LogP contribution in [-0.4, -0.2) is 43.7 Å². The number of carbonyl (C=O) groups excluding carboxylic acids is 2. The van der Waals surface area contributed by atoms with Crippen molar-refractivity contribution in [2.75, 3.05) is 25.2 Å². The van der Waals surface area contributed by atoms with Crippen LogP contribution in [0.15, 0.2) is 98.7 Å². The van der Waals surface area contributed by atoms with Crippen LogP contribution in [-0.2, 0) is 4.79 Å². The molecular formula is C31H29ClN4O5. The first-order valence-electron chi connectivity index (χ1n) is 13.0. The van der Waals surface area contributed by atoms with E-state index in [0.29, 0.717) is 42.3 Å². The van der Waals surface area contributed by atoms with Crippen LogP contribution < -0.4 is 19.7 Å². The van der Waals surface area contributed by atoms with Gasteiger partial charge in [0.1, 0.15) is 24.1 Å². The number of anilines is 1. The van der Waals surface area contributed by atoms with E-state index < -0.39 is 17.7 Å². The SMILES string of the molecule is CCC1=C(Cl)C(=O)C(NC(=O)c2ccco2)=CC1=Nc1ccc(N(CCOc2ccc(OC)cc2)C(C)C#N)cc1. The summed E-state index contributed by atoms with van der Waals surface area (Å²) >= 11 is 6.40. The van der Waals surface area contributed by atoms with E-state index in [9.17, 15) is 14.9 Å². The number of hydrogen-bond acceptors (Lipinski definition) is 8. The average molecular weight is 573 g/mol. The number of ketones is 1. The highest BCUT2D eigenvalue weighted by Crippen LogP contribution is 2.28. The number of ether oxygens (including phenoxy) is 2. The number of halogens is 1. The molecule has 0 aliphatic heterocycles. The van der Waals surface area contributed by atoms with Crippen LogP contribution in [0.25, 0.3) is 0 Å². The molecule has 1 unspecified atom stereocenters. The van der Waals surface area contributed by atoms with Crippen molar-refractivity contribution in [3.05, 3.63) is 95.1 Å². The summed E-state index contributed by atoms with van der Waals surface area (Å²) in [4.78, 5) is 31.9. The van der Waals surface area contributed by atoms with Gasteiger partial charge in [-0.15, -0.1) is 0 Å². The van der Waals surface area contributed by atoms with Crippen LogP contribution in [0.3, 0.4) is 0 Å². The lowest BCUT2D eigenvalue weighted by Gasteiger charge is -2.27. The van der Waals surface area contributed by atoms with Gasteiger partial charge in [-0.3, -0.25) is 9.59 Å². The van der Waals surface area contributed by atoms with Gasteiger partial charge in [-0.2, -0.15) is 5.26 Å². The number of carbonyl (C=O) groups is 2. The highest BCUT2D eigenvalue weighted by molar-refractivity contribution is 6.49. The molecule has 9 nitrogen and oxygen atoms in total. The fourth-order valence-electron chi connectivity index (χ4n) is 4.19. The normalized spacial score (nSPS) is 14.8. The summed E-state index contributed by atoms with van der Waals surface area (Å²) < 4.78 is 16.2. The summed E-state index contributed by atoms with van der Waals surface area (Å²) in [5.41, 5.74) is 2.49. The summed E-state index contributed by atoms with van der Waals surface area (Å²) in [7, 11) is 1.61. The first-order chi connectivity index (χ1) is 19.8. The fourth-order valence-corrected chi connectivity index (χ4v) is 4.52. The Morgan fingerprint density at radius 3 is 2.46 bits per heavy atom. The molecule has 1 heterocycles. The number of rotatable bonds is 11. The van der Waals surface area contributed by atoms with Gasteiger partial charge >= 0.3 is 0 Å². The summed E-state index contributed by atoms with van der Waals surface area (Å²) in [6.07, 6.45) is 3.36. The maximum absolute atomic E-state index is 12.8. The molecule has 0 fully saturated rings. The first-order valence-corrected chi connectivity index (χ1v) is 13.3. The van der Waals surface area contributed by atoms with Gasteiger partial charge in [0, 0.05) is 11.3 Å². The highest BCUT2D eigenvalue weighted by Gasteiger charge is 2.27. The van der Waals surface area contributed by atoms with Gasteiger partial charge < -0.3 is 24.1 Å². The van der Waals surface area contributed by atoms with E-state index >= 15 is 0 Å². The third kappa shape index (κ3) is 7.04. The van der Waals surface area contributed by atoms with Crippen molar-refractivity contribution >= 4 is 40.4 Å². The molecule has 1 aromatic heterocycles. The number of allylic oxidation sites excluding steroid dienone is 3. The quantitative estimate of drug-likeness (QED) is 0.282. The maximum atomic E-state index is 12.8. The molecule has 1 aliphatic rings. The first kappa shape index (κ1) is 29.2. The molecule has 0 saturated carbocycles. The highest BCUT2D eigenvalue weighted by atomic mass is 35.5. The minimum atomic E-state index is -0.564. The second-order valence-corrected chi connectivity index (χ2v) is 9.38. The van der Waals surface area contributed by atoms with Crippen LogP contribution in [0, 0.1) is 11.3 Å². The number of benzene rings is 2. The number of aliphatic imine (C=N–C) groups is 1. The second kappa shape index (κ2) is 13.5. The number of furan rings is 1. The predicted octanol–water partition coefficient (Wildman–Crippen LogP) is 5.96. The zero-order valence-corrected chi connectivity index (χ0v) is 23.6. The molecule has 3 aromatic rings. The third-order valence-electron chi connectivity index (χ3n) is 6.39. The Morgan fingerprint density at radius 1 is 1.15 bits per heavy atom. The summed E-state index contributed by atoms with van der Waals surface area (Å²) in [6, 6.07) is 19.6. The van der Waals surface area contributed by atoms with Gasteiger partial charge in [0.05, 0.1) is 48.1 Å². The number of amides is 1. The summed E-state index contributed by atoms with van der Waals surface area (Å²) in [6.45, 7) is 4.55. The summed E-state index contributed by atoms with van der Waals surface area (Å²) in [5.74, 6) is 0.467. The number of methoxy groups -OCH3 is 1. The Bertz CT molecular complexity index is 1520. The van der Waals surface area contributed by atoms with Crippen molar-refractivity contribution in [2.24, 2.45) is 4.99 Å². The van der Waals surface area contributed by atoms with Crippen LogP contribution in [0.2, 0.25) is 0 Å². The molecule has 41 heavy (non-hydrogen) atoms.